The number of hydrogen-bond donors (Lipinski definition) is 12. The van der Waals surface area contributed by atoms with E-state index in [1.54, 1.807) is 0 Å². The summed E-state index contributed by atoms with van der Waals surface area (Å²) >= 11 is 0. The van der Waals surface area contributed by atoms with Crippen LogP contribution in [-0.2, 0) is 33.2 Å². The lowest BCUT2D eigenvalue weighted by molar-refractivity contribution is -0.379. The normalized spacial score (nSPS) is 30.2. The molecule has 17 atom stereocenters. The second-order valence-corrected chi connectivity index (χ2v) is 21.8. The highest BCUT2D eigenvalue weighted by molar-refractivity contribution is 5.76. The number of carbonyl (C=O) groups excluding carboxylic acids is 1. The van der Waals surface area contributed by atoms with Crippen molar-refractivity contribution >= 4 is 5.91 Å². The number of aliphatic hydroxyl groups is 11. The summed E-state index contributed by atoms with van der Waals surface area (Å²) in [6.07, 6.45) is 28.4. The van der Waals surface area contributed by atoms with Crippen LogP contribution < -0.4 is 5.32 Å². The molecule has 0 aromatic heterocycles. The van der Waals surface area contributed by atoms with Gasteiger partial charge in [0.25, 0.3) is 0 Å². The number of aliphatic hydroxyl groups excluding tert-OH is 11. The quantitative estimate of drug-likeness (QED) is 0.0247. The molecule has 12 N–H and O–H groups in total. The van der Waals surface area contributed by atoms with Crippen molar-refractivity contribution in [3.8, 4) is 0 Å². The number of amides is 1. The Bertz CT molecular complexity index is 1820. The second-order valence-electron chi connectivity index (χ2n) is 21.8. The third-order valence-electron chi connectivity index (χ3n) is 15.0. The number of nitrogens with one attached hydrogen (secondary N) is 1. The van der Waals surface area contributed by atoms with E-state index in [4.69, 9.17) is 28.4 Å². The van der Waals surface area contributed by atoms with E-state index in [1.807, 2.05) is 0 Å². The highest BCUT2D eigenvalue weighted by Gasteiger charge is 2.53. The molecule has 0 spiro atoms. The van der Waals surface area contributed by atoms with E-state index in [9.17, 15) is 61.0 Å². The van der Waals surface area contributed by atoms with Crippen molar-refractivity contribution in [2.75, 3.05) is 26.4 Å². The van der Waals surface area contributed by atoms with Crippen LogP contribution in [0, 0.1) is 0 Å². The van der Waals surface area contributed by atoms with Crippen LogP contribution in [0.3, 0.4) is 0 Å². The molecule has 472 valence electrons. The van der Waals surface area contributed by atoms with E-state index in [2.05, 4.69) is 104 Å². The molecule has 0 bridgehead atoms. The molecule has 17 unspecified atom stereocenters. The summed E-state index contributed by atoms with van der Waals surface area (Å²) in [5, 5.41) is 120. The Morgan fingerprint density at radius 3 is 1.32 bits per heavy atom. The first kappa shape index (κ1) is 73.2. The lowest BCUT2D eigenvalue weighted by Crippen LogP contribution is -2.66. The lowest BCUT2D eigenvalue weighted by Gasteiger charge is -2.48. The van der Waals surface area contributed by atoms with Gasteiger partial charge in [0.2, 0.25) is 5.91 Å². The second kappa shape index (κ2) is 45.3. The van der Waals surface area contributed by atoms with Gasteiger partial charge < -0.3 is 89.9 Å². The van der Waals surface area contributed by atoms with Crippen molar-refractivity contribution in [1.82, 2.24) is 5.32 Å². The Morgan fingerprint density at radius 1 is 0.451 bits per heavy atom. The highest BCUT2D eigenvalue weighted by Crippen LogP contribution is 2.33. The fourth-order valence-corrected chi connectivity index (χ4v) is 9.94. The number of hydrogen-bond acceptors (Lipinski definition) is 18. The summed E-state index contributed by atoms with van der Waals surface area (Å²) in [7, 11) is 0. The molecule has 3 heterocycles. The SMILES string of the molecule is CC/C=C\C/C=C\C/C=C\C/C=C\C/C=C\C/C=C\C/C=C\CCCCCCCCCC(=O)NC(COC1OC(CO)C(OC2OC(CO)C(OC3OC(CO)C(O)C(O)C3O)C(O)C2O)C(O)C1O)C(O)CCCCCCCCCC. The van der Waals surface area contributed by atoms with Crippen molar-refractivity contribution in [3.05, 3.63) is 85.1 Å². The van der Waals surface area contributed by atoms with Gasteiger partial charge in [-0.25, -0.2) is 0 Å². The van der Waals surface area contributed by atoms with Gasteiger partial charge >= 0.3 is 0 Å². The standard InChI is InChI=1S/C63H107NO18/c1-3-5-7-9-11-13-14-15-16-17-18-19-20-21-22-23-24-25-26-27-28-29-30-31-32-33-35-37-39-41-51(69)64-46(47(68)40-38-36-34-12-10-8-6-4-2)45-77-61-57(75)54(72)59(49(43-66)79-61)82-63-58(76)55(73)60(50(44-67)80-63)81-62-56(74)53(71)52(70)48(42-65)78-62/h5,7,11,13,15-16,18-19,21-22,24-25,27-28,46-50,52-63,65-68,70-76H,3-4,6,8-10,12,14,17,20,23,26,29-45H2,1-2H3,(H,64,69)/b7-5-,13-11-,16-15-,19-18-,22-21-,25-24-,28-27-. The Balaban J connectivity index is 1.39. The number of allylic oxidation sites excluding steroid dienone is 14. The number of unbranched alkanes of at least 4 members (excludes halogenated alkanes) is 14. The third kappa shape index (κ3) is 28.4. The first-order chi connectivity index (χ1) is 39.8. The van der Waals surface area contributed by atoms with Crippen LogP contribution in [-0.4, -0.2) is 193 Å². The smallest absolute Gasteiger partial charge is 0.220 e. The summed E-state index contributed by atoms with van der Waals surface area (Å²) in [5.41, 5.74) is 0. The van der Waals surface area contributed by atoms with Crippen molar-refractivity contribution in [2.24, 2.45) is 0 Å². The first-order valence-corrected chi connectivity index (χ1v) is 30.8. The van der Waals surface area contributed by atoms with Crippen LogP contribution in [0.15, 0.2) is 85.1 Å². The third-order valence-corrected chi connectivity index (χ3v) is 15.0. The Kier molecular flexibility index (Phi) is 40.5. The minimum Gasteiger partial charge on any atom is -0.394 e. The number of rotatable bonds is 44. The van der Waals surface area contributed by atoms with Gasteiger partial charge in [-0.1, -0.05) is 182 Å². The minimum absolute atomic E-state index is 0.247. The molecule has 3 aliphatic rings. The fourth-order valence-electron chi connectivity index (χ4n) is 9.94. The molecule has 0 aromatic carbocycles. The molecular formula is C63H107NO18. The summed E-state index contributed by atoms with van der Waals surface area (Å²) in [5.74, 6) is -0.263. The van der Waals surface area contributed by atoms with Crippen molar-refractivity contribution < 1.29 is 89.4 Å². The van der Waals surface area contributed by atoms with E-state index >= 15 is 0 Å². The van der Waals surface area contributed by atoms with E-state index in [0.717, 1.165) is 122 Å². The van der Waals surface area contributed by atoms with Crippen molar-refractivity contribution in [3.63, 3.8) is 0 Å². The topological polar surface area (TPSA) is 307 Å². The van der Waals surface area contributed by atoms with Crippen LogP contribution in [0.5, 0.6) is 0 Å². The molecule has 3 rings (SSSR count). The zero-order chi connectivity index (χ0) is 59.7. The predicted molar refractivity (Wildman–Crippen MR) is 314 cm³/mol. The lowest BCUT2D eigenvalue weighted by atomic mass is 9.96. The molecule has 1 amide bonds. The Hall–Kier alpha value is -3.03. The Morgan fingerprint density at radius 2 is 0.841 bits per heavy atom. The summed E-state index contributed by atoms with van der Waals surface area (Å²) in [6.45, 7) is 1.59. The van der Waals surface area contributed by atoms with Gasteiger partial charge in [0.1, 0.15) is 73.2 Å². The van der Waals surface area contributed by atoms with Gasteiger partial charge in [-0.05, 0) is 70.6 Å². The molecule has 0 aliphatic carbocycles. The maximum atomic E-state index is 13.3. The predicted octanol–water partition coefficient (Wildman–Crippen LogP) is 5.98. The van der Waals surface area contributed by atoms with Crippen LogP contribution >= 0.6 is 0 Å². The van der Waals surface area contributed by atoms with Gasteiger partial charge in [-0.15, -0.1) is 0 Å². The minimum atomic E-state index is -1.98. The average Bonchev–Trinajstić information content (AvgIpc) is 3.60. The van der Waals surface area contributed by atoms with E-state index in [-0.39, 0.29) is 18.9 Å². The maximum Gasteiger partial charge on any atom is 0.220 e. The number of ether oxygens (including phenoxy) is 6. The maximum absolute atomic E-state index is 13.3. The summed E-state index contributed by atoms with van der Waals surface area (Å²) < 4.78 is 34.2. The van der Waals surface area contributed by atoms with Gasteiger partial charge in [0, 0.05) is 6.42 Å². The van der Waals surface area contributed by atoms with Gasteiger partial charge in [0.05, 0.1) is 38.6 Å². The Labute approximate surface area is 489 Å². The van der Waals surface area contributed by atoms with Gasteiger partial charge in [-0.3, -0.25) is 4.79 Å². The zero-order valence-electron chi connectivity index (χ0n) is 49.2. The monoisotopic (exact) mass is 1170 g/mol. The van der Waals surface area contributed by atoms with Crippen molar-refractivity contribution in [1.29, 1.82) is 0 Å². The molecule has 0 radical (unpaired) electrons. The summed E-state index contributed by atoms with van der Waals surface area (Å²) in [4.78, 5) is 13.3. The molecule has 19 heteroatoms. The molecule has 19 nitrogen and oxygen atoms in total. The van der Waals surface area contributed by atoms with Crippen LogP contribution in [0.1, 0.15) is 174 Å². The molecule has 0 aromatic rings. The van der Waals surface area contributed by atoms with E-state index < -0.39 is 124 Å². The molecular weight excluding hydrogens is 1060 g/mol. The van der Waals surface area contributed by atoms with Gasteiger partial charge in [-0.2, -0.15) is 0 Å². The molecule has 3 aliphatic heterocycles. The zero-order valence-corrected chi connectivity index (χ0v) is 49.2. The molecule has 82 heavy (non-hydrogen) atoms. The van der Waals surface area contributed by atoms with E-state index in [1.165, 1.54) is 19.3 Å². The molecule has 0 saturated carbocycles. The molecule has 3 fully saturated rings. The van der Waals surface area contributed by atoms with E-state index in [0.29, 0.717) is 12.8 Å². The number of carbonyl (C=O) groups is 1. The van der Waals surface area contributed by atoms with Crippen LogP contribution in [0.4, 0.5) is 0 Å². The fraction of sp³-hybridized carbons (Fsp3) is 0.762. The first-order valence-electron chi connectivity index (χ1n) is 30.8. The molecule has 3 saturated heterocycles. The van der Waals surface area contributed by atoms with Crippen LogP contribution in [0.25, 0.3) is 0 Å². The van der Waals surface area contributed by atoms with Crippen molar-refractivity contribution in [2.45, 2.75) is 279 Å². The van der Waals surface area contributed by atoms with Crippen LogP contribution in [0.2, 0.25) is 0 Å². The summed E-state index contributed by atoms with van der Waals surface area (Å²) in [6, 6.07) is -0.896. The highest BCUT2D eigenvalue weighted by atomic mass is 16.8. The average molecular weight is 1170 g/mol. The van der Waals surface area contributed by atoms with Gasteiger partial charge in [0.15, 0.2) is 18.9 Å². The largest absolute Gasteiger partial charge is 0.394 e.